The Bertz CT molecular complexity index is 542. The number of rotatable bonds is 5. The SMILES string of the molecule is CC(=O)ON(CCc1cccs1)c1ccccc1Cl. The third-order valence-electron chi connectivity index (χ3n) is 2.50. The summed E-state index contributed by atoms with van der Waals surface area (Å²) >= 11 is 7.82. The normalized spacial score (nSPS) is 10.2. The van der Waals surface area contributed by atoms with Crippen molar-refractivity contribution in [3.05, 3.63) is 51.7 Å². The predicted molar refractivity (Wildman–Crippen MR) is 78.6 cm³/mol. The Morgan fingerprint density at radius 3 is 2.74 bits per heavy atom. The molecule has 0 saturated carbocycles. The zero-order chi connectivity index (χ0) is 13.7. The molecule has 3 nitrogen and oxygen atoms in total. The second kappa shape index (κ2) is 6.59. The molecule has 0 spiro atoms. The van der Waals surface area contributed by atoms with E-state index in [0.29, 0.717) is 17.3 Å². The molecule has 0 aliphatic carbocycles. The van der Waals surface area contributed by atoms with E-state index in [9.17, 15) is 4.79 Å². The van der Waals surface area contributed by atoms with Crippen molar-refractivity contribution in [1.29, 1.82) is 0 Å². The molecule has 1 heterocycles. The number of thiophene rings is 1. The van der Waals surface area contributed by atoms with E-state index in [1.165, 1.54) is 11.8 Å². The minimum atomic E-state index is -0.355. The lowest BCUT2D eigenvalue weighted by Crippen LogP contribution is -2.28. The Kier molecular flexibility index (Phi) is 4.82. The summed E-state index contributed by atoms with van der Waals surface area (Å²) in [4.78, 5) is 17.7. The van der Waals surface area contributed by atoms with Crippen LogP contribution in [0.25, 0.3) is 0 Å². The van der Waals surface area contributed by atoms with Crippen LogP contribution in [-0.4, -0.2) is 12.5 Å². The number of nitrogens with zero attached hydrogens (tertiary/aromatic N) is 1. The highest BCUT2D eigenvalue weighted by atomic mass is 35.5. The molecule has 0 bridgehead atoms. The Morgan fingerprint density at radius 2 is 2.11 bits per heavy atom. The van der Waals surface area contributed by atoms with Gasteiger partial charge in [0.15, 0.2) is 0 Å². The Hall–Kier alpha value is -1.52. The average molecular weight is 296 g/mol. The first-order valence-electron chi connectivity index (χ1n) is 5.90. The highest BCUT2D eigenvalue weighted by Gasteiger charge is 2.13. The van der Waals surface area contributed by atoms with Crippen molar-refractivity contribution >= 4 is 34.6 Å². The summed E-state index contributed by atoms with van der Waals surface area (Å²) in [6, 6.07) is 11.4. The summed E-state index contributed by atoms with van der Waals surface area (Å²) < 4.78 is 0. The van der Waals surface area contributed by atoms with Crippen molar-refractivity contribution < 1.29 is 9.63 Å². The van der Waals surface area contributed by atoms with Crippen molar-refractivity contribution in [3.8, 4) is 0 Å². The van der Waals surface area contributed by atoms with Gasteiger partial charge in [-0.05, 0) is 23.6 Å². The van der Waals surface area contributed by atoms with Crippen molar-refractivity contribution in [2.75, 3.05) is 11.6 Å². The molecule has 0 aliphatic heterocycles. The first kappa shape index (κ1) is 13.9. The molecule has 1 aromatic heterocycles. The zero-order valence-electron chi connectivity index (χ0n) is 10.5. The Morgan fingerprint density at radius 1 is 1.32 bits per heavy atom. The highest BCUT2D eigenvalue weighted by molar-refractivity contribution is 7.09. The number of carbonyl (C=O) groups is 1. The largest absolute Gasteiger partial charge is 0.341 e. The van der Waals surface area contributed by atoms with Crippen LogP contribution in [0.4, 0.5) is 5.69 Å². The van der Waals surface area contributed by atoms with E-state index in [1.807, 2.05) is 29.6 Å². The highest BCUT2D eigenvalue weighted by Crippen LogP contribution is 2.26. The third kappa shape index (κ3) is 3.98. The van der Waals surface area contributed by atoms with Crippen molar-refractivity contribution in [2.45, 2.75) is 13.3 Å². The first-order chi connectivity index (χ1) is 9.16. The molecule has 0 fully saturated rings. The summed E-state index contributed by atoms with van der Waals surface area (Å²) in [6.45, 7) is 1.96. The number of hydrogen-bond donors (Lipinski definition) is 0. The topological polar surface area (TPSA) is 29.5 Å². The van der Waals surface area contributed by atoms with Gasteiger partial charge in [-0.3, -0.25) is 4.79 Å². The smallest absolute Gasteiger partial charge is 0.329 e. The number of halogens is 1. The molecule has 5 heteroatoms. The van der Waals surface area contributed by atoms with Gasteiger partial charge in [-0.2, -0.15) is 0 Å². The molecule has 0 atom stereocenters. The number of benzene rings is 1. The number of hydroxylamine groups is 1. The van der Waals surface area contributed by atoms with Crippen LogP contribution < -0.4 is 5.06 Å². The van der Waals surface area contributed by atoms with Crippen molar-refractivity contribution in [2.24, 2.45) is 0 Å². The summed E-state index contributed by atoms with van der Waals surface area (Å²) in [5.74, 6) is -0.355. The Labute approximate surface area is 121 Å². The monoisotopic (exact) mass is 295 g/mol. The van der Waals surface area contributed by atoms with Gasteiger partial charge in [0.2, 0.25) is 0 Å². The second-order valence-electron chi connectivity index (χ2n) is 3.97. The van der Waals surface area contributed by atoms with Crippen LogP contribution in [0.5, 0.6) is 0 Å². The fourth-order valence-corrected chi connectivity index (χ4v) is 2.62. The van der Waals surface area contributed by atoms with Gasteiger partial charge in [0.1, 0.15) is 0 Å². The molecule has 0 aliphatic rings. The number of hydrogen-bond acceptors (Lipinski definition) is 4. The molecule has 0 unspecified atom stereocenters. The summed E-state index contributed by atoms with van der Waals surface area (Å²) in [5, 5.41) is 4.14. The van der Waals surface area contributed by atoms with E-state index in [-0.39, 0.29) is 5.97 Å². The molecule has 0 saturated heterocycles. The lowest BCUT2D eigenvalue weighted by Gasteiger charge is -2.23. The van der Waals surface area contributed by atoms with E-state index >= 15 is 0 Å². The molecule has 0 amide bonds. The predicted octanol–water partition coefficient (Wildman–Crippen LogP) is 3.93. The molecular formula is C14H14ClNO2S. The molecule has 19 heavy (non-hydrogen) atoms. The lowest BCUT2D eigenvalue weighted by molar-refractivity contribution is -0.142. The molecular weight excluding hydrogens is 282 g/mol. The van der Waals surface area contributed by atoms with E-state index in [1.54, 1.807) is 22.5 Å². The number of anilines is 1. The molecule has 2 aromatic rings. The van der Waals surface area contributed by atoms with Gasteiger partial charge < -0.3 is 4.84 Å². The van der Waals surface area contributed by atoms with Crippen molar-refractivity contribution in [3.63, 3.8) is 0 Å². The summed E-state index contributed by atoms with van der Waals surface area (Å²) in [5.41, 5.74) is 0.705. The van der Waals surface area contributed by atoms with E-state index in [2.05, 4.69) is 6.07 Å². The van der Waals surface area contributed by atoms with Crippen LogP contribution in [0, 0.1) is 0 Å². The average Bonchev–Trinajstić information content (AvgIpc) is 2.88. The zero-order valence-corrected chi connectivity index (χ0v) is 12.1. The molecule has 1 aromatic carbocycles. The standard InChI is InChI=1S/C14H14ClNO2S/c1-11(17)18-16(9-8-12-5-4-10-19-12)14-7-3-2-6-13(14)15/h2-7,10H,8-9H2,1H3. The quantitative estimate of drug-likeness (QED) is 0.783. The van der Waals surface area contributed by atoms with E-state index in [0.717, 1.165) is 6.42 Å². The van der Waals surface area contributed by atoms with E-state index in [4.69, 9.17) is 16.4 Å². The number of carbonyl (C=O) groups excluding carboxylic acids is 1. The minimum absolute atomic E-state index is 0.355. The first-order valence-corrected chi connectivity index (χ1v) is 7.15. The van der Waals surface area contributed by atoms with E-state index < -0.39 is 0 Å². The van der Waals surface area contributed by atoms with Gasteiger partial charge in [-0.1, -0.05) is 29.8 Å². The third-order valence-corrected chi connectivity index (χ3v) is 3.76. The van der Waals surface area contributed by atoms with Gasteiger partial charge in [-0.25, -0.2) is 5.06 Å². The fraction of sp³-hybridized carbons (Fsp3) is 0.214. The Balaban J connectivity index is 2.11. The number of para-hydroxylation sites is 1. The molecule has 100 valence electrons. The maximum absolute atomic E-state index is 11.2. The van der Waals surface area contributed by atoms with Crippen LogP contribution in [0.1, 0.15) is 11.8 Å². The second-order valence-corrected chi connectivity index (χ2v) is 5.41. The van der Waals surface area contributed by atoms with Gasteiger partial charge >= 0.3 is 5.97 Å². The summed E-state index contributed by atoms with van der Waals surface area (Å²) in [7, 11) is 0. The molecule has 0 radical (unpaired) electrons. The van der Waals surface area contributed by atoms with Crippen LogP contribution in [-0.2, 0) is 16.1 Å². The minimum Gasteiger partial charge on any atom is -0.341 e. The van der Waals surface area contributed by atoms with Gasteiger partial charge in [0, 0.05) is 18.2 Å². The van der Waals surface area contributed by atoms with Gasteiger partial charge in [0.25, 0.3) is 0 Å². The summed E-state index contributed by atoms with van der Waals surface area (Å²) in [6.07, 6.45) is 0.802. The van der Waals surface area contributed by atoms with Crippen LogP contribution in [0.2, 0.25) is 5.02 Å². The van der Waals surface area contributed by atoms with Crippen LogP contribution >= 0.6 is 22.9 Å². The lowest BCUT2D eigenvalue weighted by atomic mass is 10.3. The van der Waals surface area contributed by atoms with Crippen LogP contribution in [0.3, 0.4) is 0 Å². The van der Waals surface area contributed by atoms with Crippen LogP contribution in [0.15, 0.2) is 41.8 Å². The van der Waals surface area contributed by atoms with Gasteiger partial charge in [0.05, 0.1) is 17.3 Å². The maximum atomic E-state index is 11.2. The van der Waals surface area contributed by atoms with Gasteiger partial charge in [-0.15, -0.1) is 11.3 Å². The maximum Gasteiger partial charge on any atom is 0.329 e. The molecule has 2 rings (SSSR count). The fourth-order valence-electron chi connectivity index (χ4n) is 1.69. The van der Waals surface area contributed by atoms with Crippen molar-refractivity contribution in [1.82, 2.24) is 0 Å². The molecule has 0 N–H and O–H groups in total.